The van der Waals surface area contributed by atoms with Gasteiger partial charge in [-0.25, -0.2) is 0 Å². The number of nitrogens with zero attached hydrogens (tertiary/aromatic N) is 1. The quantitative estimate of drug-likeness (QED) is 0.854. The zero-order chi connectivity index (χ0) is 15.5. The molecular formula is C17H22N2O3. The second kappa shape index (κ2) is 6.40. The first-order valence-corrected chi connectivity index (χ1v) is 7.64. The fourth-order valence-corrected chi connectivity index (χ4v) is 3.31. The Morgan fingerprint density at radius 1 is 1.59 bits per heavy atom. The highest BCUT2D eigenvalue weighted by molar-refractivity contribution is 5.82. The van der Waals surface area contributed by atoms with Gasteiger partial charge in [0.05, 0.1) is 32.3 Å². The highest BCUT2D eigenvalue weighted by Gasteiger charge is 2.40. The average Bonchev–Trinajstić information content (AvgIpc) is 2.58. The molecule has 2 aliphatic rings. The predicted octanol–water partition coefficient (Wildman–Crippen LogP) is 1.37. The zero-order valence-corrected chi connectivity index (χ0v) is 12.9. The van der Waals surface area contributed by atoms with E-state index in [-0.39, 0.29) is 17.9 Å². The molecule has 0 saturated carbocycles. The highest BCUT2D eigenvalue weighted by atomic mass is 16.5. The first-order valence-electron chi connectivity index (χ1n) is 7.64. The van der Waals surface area contributed by atoms with E-state index in [1.807, 2.05) is 6.07 Å². The Morgan fingerprint density at radius 3 is 3.23 bits per heavy atom. The van der Waals surface area contributed by atoms with Crippen molar-refractivity contribution in [2.24, 2.45) is 5.92 Å². The van der Waals surface area contributed by atoms with Gasteiger partial charge in [0.2, 0.25) is 5.91 Å². The van der Waals surface area contributed by atoms with Crippen molar-refractivity contribution in [2.75, 3.05) is 38.3 Å². The molecule has 5 nitrogen and oxygen atoms in total. The van der Waals surface area contributed by atoms with Crippen molar-refractivity contribution in [2.45, 2.75) is 12.5 Å². The van der Waals surface area contributed by atoms with Gasteiger partial charge in [0.15, 0.2) is 0 Å². The number of rotatable bonds is 4. The molecule has 0 spiro atoms. The third-order valence-electron chi connectivity index (χ3n) is 4.43. The van der Waals surface area contributed by atoms with E-state index in [9.17, 15) is 4.79 Å². The van der Waals surface area contributed by atoms with Gasteiger partial charge in [-0.2, -0.15) is 0 Å². The van der Waals surface area contributed by atoms with E-state index in [0.717, 1.165) is 18.7 Å². The van der Waals surface area contributed by atoms with Gasteiger partial charge in [-0.3, -0.25) is 4.79 Å². The number of fused-ring (bicyclic) bond motifs is 3. The van der Waals surface area contributed by atoms with E-state index in [1.165, 1.54) is 11.3 Å². The molecule has 1 N–H and O–H groups in total. The molecule has 1 fully saturated rings. The van der Waals surface area contributed by atoms with E-state index in [0.29, 0.717) is 19.8 Å². The van der Waals surface area contributed by atoms with Gasteiger partial charge in [-0.05, 0) is 18.1 Å². The van der Waals surface area contributed by atoms with Gasteiger partial charge in [0.1, 0.15) is 5.75 Å². The van der Waals surface area contributed by atoms with Crippen LogP contribution in [-0.2, 0) is 16.0 Å². The number of morpholine rings is 1. The summed E-state index contributed by atoms with van der Waals surface area (Å²) in [7, 11) is 1.67. The summed E-state index contributed by atoms with van der Waals surface area (Å²) in [5.74, 6) is 0.821. The number of carbonyl (C=O) groups excluding carboxylic acids is 1. The molecule has 2 heterocycles. The Balaban J connectivity index is 1.91. The van der Waals surface area contributed by atoms with Crippen LogP contribution in [0.2, 0.25) is 0 Å². The lowest BCUT2D eigenvalue weighted by molar-refractivity contribution is -0.126. The maximum Gasteiger partial charge on any atom is 0.225 e. The SMILES string of the molecule is C=CCNC(=O)[C@@H]1Cc2ccc(OC)cc2N2CCOC[C@@H]12. The normalized spacial score (nSPS) is 23.2. The summed E-state index contributed by atoms with van der Waals surface area (Å²) in [6.07, 6.45) is 2.43. The van der Waals surface area contributed by atoms with Crippen LogP contribution in [0.4, 0.5) is 5.69 Å². The molecule has 0 aliphatic carbocycles. The molecule has 0 unspecified atom stereocenters. The van der Waals surface area contributed by atoms with Gasteiger partial charge >= 0.3 is 0 Å². The summed E-state index contributed by atoms with van der Waals surface area (Å²) < 4.78 is 11.0. The van der Waals surface area contributed by atoms with E-state index < -0.39 is 0 Å². The lowest BCUT2D eigenvalue weighted by atomic mass is 9.84. The average molecular weight is 302 g/mol. The number of hydrogen-bond donors (Lipinski definition) is 1. The number of hydrogen-bond acceptors (Lipinski definition) is 4. The van der Waals surface area contributed by atoms with Crippen LogP contribution in [0.5, 0.6) is 5.75 Å². The van der Waals surface area contributed by atoms with Gasteiger partial charge < -0.3 is 19.7 Å². The first-order chi connectivity index (χ1) is 10.7. The Morgan fingerprint density at radius 2 is 2.45 bits per heavy atom. The van der Waals surface area contributed by atoms with Crippen molar-refractivity contribution in [1.29, 1.82) is 0 Å². The molecule has 22 heavy (non-hydrogen) atoms. The summed E-state index contributed by atoms with van der Waals surface area (Å²) in [4.78, 5) is 14.8. The van der Waals surface area contributed by atoms with Crippen LogP contribution >= 0.6 is 0 Å². The number of amides is 1. The Hall–Kier alpha value is -2.01. The molecule has 0 aromatic heterocycles. The number of benzene rings is 1. The topological polar surface area (TPSA) is 50.8 Å². The summed E-state index contributed by atoms with van der Waals surface area (Å²) >= 11 is 0. The summed E-state index contributed by atoms with van der Waals surface area (Å²) in [5.41, 5.74) is 2.36. The van der Waals surface area contributed by atoms with E-state index in [2.05, 4.69) is 28.9 Å². The fourth-order valence-electron chi connectivity index (χ4n) is 3.31. The smallest absolute Gasteiger partial charge is 0.225 e. The second-order valence-electron chi connectivity index (χ2n) is 5.67. The Bertz CT molecular complexity index is 573. The molecule has 3 rings (SSSR count). The van der Waals surface area contributed by atoms with Gasteiger partial charge in [0, 0.05) is 24.8 Å². The first kappa shape index (κ1) is 14.9. The molecule has 5 heteroatoms. The van der Waals surface area contributed by atoms with Crippen molar-refractivity contribution in [3.63, 3.8) is 0 Å². The highest BCUT2D eigenvalue weighted by Crippen LogP contribution is 2.37. The minimum absolute atomic E-state index is 0.0712. The third kappa shape index (κ3) is 2.68. The van der Waals surface area contributed by atoms with Crippen LogP contribution in [0.25, 0.3) is 0 Å². The number of methoxy groups -OCH3 is 1. The molecule has 0 bridgehead atoms. The second-order valence-corrected chi connectivity index (χ2v) is 5.67. The molecule has 1 aromatic rings. The van der Waals surface area contributed by atoms with Crippen LogP contribution < -0.4 is 15.0 Å². The van der Waals surface area contributed by atoms with Gasteiger partial charge in [0.25, 0.3) is 0 Å². The number of nitrogens with one attached hydrogen (secondary N) is 1. The van der Waals surface area contributed by atoms with Gasteiger partial charge in [-0.15, -0.1) is 6.58 Å². The lowest BCUT2D eigenvalue weighted by Crippen LogP contribution is -2.56. The van der Waals surface area contributed by atoms with Crippen LogP contribution in [-0.4, -0.2) is 45.4 Å². The van der Waals surface area contributed by atoms with Crippen molar-refractivity contribution < 1.29 is 14.3 Å². The van der Waals surface area contributed by atoms with E-state index in [4.69, 9.17) is 9.47 Å². The molecule has 1 aromatic carbocycles. The standard InChI is InChI=1S/C17H22N2O3/c1-3-6-18-17(20)14-9-12-4-5-13(21-2)10-15(12)19-7-8-22-11-16(14)19/h3-5,10,14,16H,1,6-9,11H2,2H3,(H,18,20)/t14-,16+/m1/s1. The van der Waals surface area contributed by atoms with E-state index >= 15 is 0 Å². The molecule has 1 saturated heterocycles. The van der Waals surface area contributed by atoms with Crippen LogP contribution in [0.3, 0.4) is 0 Å². The molecule has 0 radical (unpaired) electrons. The molecule has 2 aliphatic heterocycles. The predicted molar refractivity (Wildman–Crippen MR) is 85.3 cm³/mol. The van der Waals surface area contributed by atoms with Gasteiger partial charge in [-0.1, -0.05) is 12.1 Å². The Labute approximate surface area is 130 Å². The lowest BCUT2D eigenvalue weighted by Gasteiger charge is -2.45. The molecular weight excluding hydrogens is 280 g/mol. The maximum atomic E-state index is 12.5. The molecule has 2 atom stereocenters. The third-order valence-corrected chi connectivity index (χ3v) is 4.43. The molecule has 118 valence electrons. The Kier molecular flexibility index (Phi) is 4.34. The summed E-state index contributed by atoms with van der Waals surface area (Å²) in [5, 5.41) is 2.92. The van der Waals surface area contributed by atoms with E-state index in [1.54, 1.807) is 13.2 Å². The van der Waals surface area contributed by atoms with Crippen molar-refractivity contribution in [3.05, 3.63) is 36.4 Å². The molecule has 1 amide bonds. The zero-order valence-electron chi connectivity index (χ0n) is 12.9. The minimum Gasteiger partial charge on any atom is -0.497 e. The number of anilines is 1. The fraction of sp³-hybridized carbons (Fsp3) is 0.471. The summed E-state index contributed by atoms with van der Waals surface area (Å²) in [6.45, 7) is 6.23. The van der Waals surface area contributed by atoms with Crippen LogP contribution in [0.1, 0.15) is 5.56 Å². The van der Waals surface area contributed by atoms with Crippen LogP contribution in [0.15, 0.2) is 30.9 Å². The minimum atomic E-state index is -0.0962. The largest absolute Gasteiger partial charge is 0.497 e. The van der Waals surface area contributed by atoms with Crippen molar-refractivity contribution in [1.82, 2.24) is 5.32 Å². The maximum absolute atomic E-state index is 12.5. The number of carbonyl (C=O) groups is 1. The number of ether oxygens (including phenoxy) is 2. The van der Waals surface area contributed by atoms with Crippen LogP contribution in [0, 0.1) is 5.92 Å². The summed E-state index contributed by atoms with van der Waals surface area (Å²) in [6, 6.07) is 6.16. The monoisotopic (exact) mass is 302 g/mol. The van der Waals surface area contributed by atoms with Crippen molar-refractivity contribution in [3.8, 4) is 5.75 Å². The van der Waals surface area contributed by atoms with Crippen molar-refractivity contribution >= 4 is 11.6 Å².